The van der Waals surface area contributed by atoms with Gasteiger partial charge >= 0.3 is 0 Å². The summed E-state index contributed by atoms with van der Waals surface area (Å²) in [5.41, 5.74) is 3.09. The van der Waals surface area contributed by atoms with Crippen LogP contribution >= 0.6 is 34.8 Å². The second-order valence-corrected chi connectivity index (χ2v) is 7.24. The molecule has 0 unspecified atom stereocenters. The Bertz CT molecular complexity index is 1040. The van der Waals surface area contributed by atoms with Gasteiger partial charge in [0.1, 0.15) is 11.0 Å². The molecule has 0 bridgehead atoms. The number of amides is 1. The minimum Gasteiger partial charge on any atom is -0.321 e. The average Bonchev–Trinajstić information content (AvgIpc) is 3.00. The van der Waals surface area contributed by atoms with Crippen molar-refractivity contribution in [2.24, 2.45) is 4.99 Å². The third-order valence-electron chi connectivity index (χ3n) is 4.18. The van der Waals surface area contributed by atoms with Crippen LogP contribution in [-0.2, 0) is 6.54 Å². The molecule has 0 spiro atoms. The topological polar surface area (TPSA) is 45.6 Å². The van der Waals surface area contributed by atoms with Gasteiger partial charge in [0, 0.05) is 27.5 Å². The number of carbonyl (C=O) groups is 1. The highest BCUT2D eigenvalue weighted by molar-refractivity contribution is 6.35. The van der Waals surface area contributed by atoms with Crippen LogP contribution in [0.2, 0.25) is 15.2 Å². The lowest BCUT2D eigenvalue weighted by molar-refractivity contribution is 0.100. The van der Waals surface area contributed by atoms with E-state index in [1.807, 2.05) is 29.2 Å². The van der Waals surface area contributed by atoms with E-state index in [0.717, 1.165) is 16.8 Å². The first-order valence-corrected chi connectivity index (χ1v) is 9.21. The summed E-state index contributed by atoms with van der Waals surface area (Å²) in [7, 11) is 0. The van der Waals surface area contributed by atoms with E-state index < -0.39 is 5.91 Å². The van der Waals surface area contributed by atoms with Gasteiger partial charge in [-0.15, -0.1) is 0 Å². The summed E-state index contributed by atoms with van der Waals surface area (Å²) >= 11 is 18.1. The predicted molar refractivity (Wildman–Crippen MR) is 109 cm³/mol. The Morgan fingerprint density at radius 2 is 1.74 bits per heavy atom. The maximum Gasteiger partial charge on any atom is 0.280 e. The Morgan fingerprint density at radius 1 is 1.00 bits per heavy atom. The molecule has 0 N–H and O–H groups in total. The van der Waals surface area contributed by atoms with Gasteiger partial charge in [0.2, 0.25) is 0 Å². The smallest absolute Gasteiger partial charge is 0.280 e. The number of hydrogen-bond acceptors (Lipinski definition) is 2. The summed E-state index contributed by atoms with van der Waals surface area (Å²) in [4.78, 5) is 22.9. The molecule has 0 fully saturated rings. The Labute approximate surface area is 171 Å². The van der Waals surface area contributed by atoms with Gasteiger partial charge in [0.05, 0.1) is 12.1 Å². The normalized spacial score (nSPS) is 14.5. The van der Waals surface area contributed by atoms with Gasteiger partial charge in [0.15, 0.2) is 0 Å². The van der Waals surface area contributed by atoms with Crippen molar-refractivity contribution in [2.45, 2.75) is 6.54 Å². The van der Waals surface area contributed by atoms with Gasteiger partial charge in [-0.25, -0.2) is 4.98 Å². The van der Waals surface area contributed by atoms with Crippen molar-refractivity contribution in [1.82, 2.24) is 4.98 Å². The molecule has 3 aromatic rings. The Hall–Kier alpha value is -2.40. The molecule has 4 rings (SSSR count). The molecule has 0 atom stereocenters. The molecule has 1 aliphatic rings. The number of fused-ring (bicyclic) bond motifs is 1. The number of aliphatic imine (C=N–C) groups is 1. The Kier molecular flexibility index (Phi) is 4.87. The van der Waals surface area contributed by atoms with E-state index in [4.69, 9.17) is 34.8 Å². The highest BCUT2D eigenvalue weighted by atomic mass is 35.5. The molecule has 1 aliphatic heterocycles. The van der Waals surface area contributed by atoms with Crippen LogP contribution in [0.3, 0.4) is 0 Å². The van der Waals surface area contributed by atoms with E-state index in [1.165, 1.54) is 6.20 Å². The van der Waals surface area contributed by atoms with Crippen molar-refractivity contribution >= 4 is 52.2 Å². The highest BCUT2D eigenvalue weighted by Gasteiger charge is 2.28. The fraction of sp³-hybridized carbons (Fsp3) is 0.0500. The van der Waals surface area contributed by atoms with Gasteiger partial charge in [-0.05, 0) is 35.9 Å². The lowest BCUT2D eigenvalue weighted by Gasteiger charge is -2.19. The number of amidine groups is 1. The quantitative estimate of drug-likeness (QED) is 0.507. The van der Waals surface area contributed by atoms with E-state index in [1.54, 1.807) is 30.3 Å². The van der Waals surface area contributed by atoms with Crippen LogP contribution in [0.4, 0.5) is 5.69 Å². The van der Waals surface area contributed by atoms with Crippen LogP contribution in [0.1, 0.15) is 21.5 Å². The summed E-state index contributed by atoms with van der Waals surface area (Å²) in [6.07, 6.45) is 1.41. The SMILES string of the molecule is O=C(N=C1c2ccccc2CN1c1cc(Cl)cc(Cl)c1)c1ccc(Cl)nc1. The summed E-state index contributed by atoms with van der Waals surface area (Å²) < 4.78 is 0. The van der Waals surface area contributed by atoms with Crippen LogP contribution < -0.4 is 4.90 Å². The summed E-state index contributed by atoms with van der Waals surface area (Å²) in [5, 5.41) is 1.35. The maximum absolute atomic E-state index is 12.7. The van der Waals surface area contributed by atoms with Crippen LogP contribution in [0.5, 0.6) is 0 Å². The Morgan fingerprint density at radius 3 is 2.44 bits per heavy atom. The number of carbonyl (C=O) groups excluding carboxylic acids is 1. The summed E-state index contributed by atoms with van der Waals surface area (Å²) in [5.74, 6) is 0.146. The number of anilines is 1. The van der Waals surface area contributed by atoms with Crippen molar-refractivity contribution < 1.29 is 4.79 Å². The van der Waals surface area contributed by atoms with Crippen molar-refractivity contribution in [3.8, 4) is 0 Å². The first-order valence-electron chi connectivity index (χ1n) is 8.08. The summed E-state index contributed by atoms with van der Waals surface area (Å²) in [6.45, 7) is 0.567. The minimum absolute atomic E-state index is 0.320. The maximum atomic E-state index is 12.7. The monoisotopic (exact) mass is 415 g/mol. The average molecular weight is 417 g/mol. The number of halogens is 3. The number of benzene rings is 2. The number of aromatic nitrogens is 1. The minimum atomic E-state index is -0.399. The van der Waals surface area contributed by atoms with Gasteiger partial charge in [-0.2, -0.15) is 4.99 Å². The fourth-order valence-corrected chi connectivity index (χ4v) is 3.59. The molecule has 0 saturated heterocycles. The lowest BCUT2D eigenvalue weighted by atomic mass is 10.1. The zero-order valence-electron chi connectivity index (χ0n) is 13.9. The zero-order valence-corrected chi connectivity index (χ0v) is 16.1. The van der Waals surface area contributed by atoms with E-state index in [-0.39, 0.29) is 0 Å². The molecule has 0 radical (unpaired) electrons. The van der Waals surface area contributed by atoms with Gasteiger partial charge in [0.25, 0.3) is 5.91 Å². The Balaban J connectivity index is 1.80. The predicted octanol–water partition coefficient (Wildman–Crippen LogP) is 5.65. The van der Waals surface area contributed by atoms with Crippen molar-refractivity contribution in [1.29, 1.82) is 0 Å². The molecule has 2 aromatic carbocycles. The number of rotatable bonds is 2. The third kappa shape index (κ3) is 3.69. The lowest BCUT2D eigenvalue weighted by Crippen LogP contribution is -2.25. The molecule has 1 aromatic heterocycles. The third-order valence-corrected chi connectivity index (χ3v) is 4.84. The molecule has 2 heterocycles. The van der Waals surface area contributed by atoms with Gasteiger partial charge < -0.3 is 4.90 Å². The second-order valence-electron chi connectivity index (χ2n) is 5.98. The number of pyridine rings is 1. The van der Waals surface area contributed by atoms with Gasteiger partial charge in [-0.1, -0.05) is 59.1 Å². The van der Waals surface area contributed by atoms with Gasteiger partial charge in [-0.3, -0.25) is 4.79 Å². The van der Waals surface area contributed by atoms with Crippen LogP contribution in [0, 0.1) is 0 Å². The number of nitrogens with zero attached hydrogens (tertiary/aromatic N) is 3. The molecule has 0 aliphatic carbocycles. The van der Waals surface area contributed by atoms with Crippen molar-refractivity contribution in [3.05, 3.63) is 92.7 Å². The second kappa shape index (κ2) is 7.31. The fourth-order valence-electron chi connectivity index (χ4n) is 2.96. The zero-order chi connectivity index (χ0) is 19.0. The molecular formula is C20H12Cl3N3O. The van der Waals surface area contributed by atoms with Crippen molar-refractivity contribution in [3.63, 3.8) is 0 Å². The first kappa shape index (κ1) is 18.0. The van der Waals surface area contributed by atoms with Crippen LogP contribution in [0.25, 0.3) is 0 Å². The number of hydrogen-bond donors (Lipinski definition) is 0. The summed E-state index contributed by atoms with van der Waals surface area (Å²) in [6, 6.07) is 16.2. The van der Waals surface area contributed by atoms with E-state index in [9.17, 15) is 4.79 Å². The molecule has 0 saturated carbocycles. The standard InChI is InChI=1S/C20H12Cl3N3O/c21-14-7-15(22)9-16(8-14)26-11-13-3-1-2-4-17(13)19(26)25-20(27)12-5-6-18(23)24-10-12/h1-10H,11H2. The molecule has 27 heavy (non-hydrogen) atoms. The molecular weight excluding hydrogens is 405 g/mol. The van der Waals surface area contributed by atoms with E-state index >= 15 is 0 Å². The van der Waals surface area contributed by atoms with Crippen LogP contribution in [-0.4, -0.2) is 16.7 Å². The van der Waals surface area contributed by atoms with Crippen molar-refractivity contribution in [2.75, 3.05) is 4.90 Å². The largest absolute Gasteiger partial charge is 0.321 e. The van der Waals surface area contributed by atoms with E-state index in [2.05, 4.69) is 9.98 Å². The highest BCUT2D eigenvalue weighted by Crippen LogP contribution is 2.32. The molecule has 134 valence electrons. The molecule has 7 heteroatoms. The molecule has 4 nitrogen and oxygen atoms in total. The first-order chi connectivity index (χ1) is 13.0. The molecule has 1 amide bonds. The van der Waals surface area contributed by atoms with E-state index in [0.29, 0.717) is 33.1 Å². The van der Waals surface area contributed by atoms with Crippen LogP contribution in [0.15, 0.2) is 65.8 Å².